The molecule has 23 heteroatoms. The number of piperidine rings is 6. The molecular weight excluding hydrogens is 1110 g/mol. The Balaban J connectivity index is 0.000000189. The first kappa shape index (κ1) is 63.3. The number of benzene rings is 2. The number of rotatable bonds is 18. The Kier molecular flexibility index (Phi) is 21.8. The van der Waals surface area contributed by atoms with E-state index in [1.807, 2.05) is 59.3 Å². The number of fused-ring (bicyclic) bond motifs is 6. The summed E-state index contributed by atoms with van der Waals surface area (Å²) < 4.78 is 89.2. The van der Waals surface area contributed by atoms with Crippen LogP contribution in [0.3, 0.4) is 0 Å². The summed E-state index contributed by atoms with van der Waals surface area (Å²) in [6.07, 6.45) is 2.33. The number of esters is 2. The van der Waals surface area contributed by atoms with E-state index < -0.39 is 47.4 Å². The van der Waals surface area contributed by atoms with Crippen LogP contribution in [0.25, 0.3) is 0 Å². The van der Waals surface area contributed by atoms with E-state index in [2.05, 4.69) is 12.1 Å². The summed E-state index contributed by atoms with van der Waals surface area (Å²) in [4.78, 5) is 46.1. The third kappa shape index (κ3) is 16.5. The average Bonchev–Trinajstić information content (AvgIpc) is 4.45. The number of aromatic hydroxyl groups is 1. The first-order chi connectivity index (χ1) is 38.5. The zero-order valence-corrected chi connectivity index (χ0v) is 46.6. The highest BCUT2D eigenvalue weighted by molar-refractivity contribution is 7.10. The molecule has 0 unspecified atom stereocenters. The van der Waals surface area contributed by atoms with Crippen molar-refractivity contribution in [3.8, 4) is 11.5 Å². The number of carbonyl (C=O) groups is 4. The minimum Gasteiger partial charge on any atom is -0.542 e. The van der Waals surface area contributed by atoms with Gasteiger partial charge in [-0.1, -0.05) is 74.2 Å². The van der Waals surface area contributed by atoms with Gasteiger partial charge in [0.2, 0.25) is 0 Å². The molecule has 8 fully saturated rings. The molecule has 0 amide bonds. The summed E-state index contributed by atoms with van der Waals surface area (Å²) in [7, 11) is 0. The summed E-state index contributed by atoms with van der Waals surface area (Å²) in [5.41, 5.74) is -1.82. The molecule has 3 N–H and O–H groups in total. The minimum absolute atomic E-state index is 0.0423. The molecule has 8 heterocycles. The van der Waals surface area contributed by atoms with E-state index in [4.69, 9.17) is 38.7 Å². The van der Waals surface area contributed by atoms with Gasteiger partial charge in [0.25, 0.3) is 0 Å². The summed E-state index contributed by atoms with van der Waals surface area (Å²) in [6, 6.07) is 24.8. The molecule has 2 aliphatic carbocycles. The van der Waals surface area contributed by atoms with E-state index in [9.17, 15) is 51.3 Å². The zero-order chi connectivity index (χ0) is 58.5. The van der Waals surface area contributed by atoms with Crippen LogP contribution in [-0.4, -0.2) is 138 Å². The number of quaternary nitrogens is 2. The summed E-state index contributed by atoms with van der Waals surface area (Å²) in [5, 5.41) is 54.4. The Bertz CT molecular complexity index is 2590. The maximum absolute atomic E-state index is 13.5. The lowest BCUT2D eigenvalue weighted by Crippen LogP contribution is -2.65. The highest BCUT2D eigenvalue weighted by Gasteiger charge is 2.55. The van der Waals surface area contributed by atoms with Crippen molar-refractivity contribution in [2.45, 2.75) is 126 Å². The Labute approximate surface area is 475 Å². The van der Waals surface area contributed by atoms with Crippen LogP contribution in [0.15, 0.2) is 89.6 Å². The van der Waals surface area contributed by atoms with Crippen molar-refractivity contribution in [2.75, 3.05) is 65.6 Å². The van der Waals surface area contributed by atoms with Gasteiger partial charge in [0.1, 0.15) is 43.1 Å². The molecule has 6 aliphatic heterocycles. The van der Waals surface area contributed by atoms with Crippen LogP contribution < -0.4 is 14.9 Å². The van der Waals surface area contributed by atoms with Crippen molar-refractivity contribution >= 4 is 46.6 Å². The highest BCUT2D eigenvalue weighted by atomic mass is 32.1. The number of halogens is 6. The molecule has 81 heavy (non-hydrogen) atoms. The third-order valence-electron chi connectivity index (χ3n) is 17.1. The number of carboxylic acids is 2. The quantitative estimate of drug-likeness (QED) is 0.0381. The summed E-state index contributed by atoms with van der Waals surface area (Å²) in [6.45, 7) is 10.0. The van der Waals surface area contributed by atoms with E-state index in [0.29, 0.717) is 37.4 Å². The van der Waals surface area contributed by atoms with Gasteiger partial charge in [-0.15, -0.1) is 22.7 Å². The molecule has 2 aromatic heterocycles. The fourth-order valence-corrected chi connectivity index (χ4v) is 14.4. The molecule has 0 radical (unpaired) electrons. The number of aliphatic carboxylic acids is 2. The fourth-order valence-electron chi connectivity index (χ4n) is 12.6. The second-order valence-electron chi connectivity index (χ2n) is 22.2. The van der Waals surface area contributed by atoms with Crippen molar-refractivity contribution in [3.05, 3.63) is 105 Å². The number of alkyl halides is 6. The molecule has 4 atom stereocenters. The van der Waals surface area contributed by atoms with Gasteiger partial charge in [0.15, 0.2) is 23.4 Å². The number of hydrogen-bond acceptors (Lipinski definition) is 15. The smallest absolute Gasteiger partial charge is 0.430 e. The van der Waals surface area contributed by atoms with Crippen molar-refractivity contribution in [1.29, 1.82) is 0 Å². The average molecular weight is 1180 g/mol. The van der Waals surface area contributed by atoms with Crippen LogP contribution in [0.4, 0.5) is 26.3 Å². The predicted octanol–water partition coefficient (Wildman–Crippen LogP) is 7.54. The number of phenolic OH excluding ortho intramolecular Hbond substituents is 1. The second-order valence-corrected chi connectivity index (χ2v) is 24.1. The Morgan fingerprint density at radius 3 is 1.43 bits per heavy atom. The SMILES string of the molecule is O=C(O[C@H]1C[N+]2(CCCOc3cccc(O)c3)CCC1CC2)[C@](O)(c1cccs1)C1CCCC1.O=C(O[C@H]1C[N+]2(CCOCc3ccccc3)CCC1CC2)[C@](O)(c1cccs1)C1CCCC1.O=C([O-])C(F)(F)F.O=C([O-])C(F)(F)F. The summed E-state index contributed by atoms with van der Waals surface area (Å²) in [5.74, 6) is -5.28. The van der Waals surface area contributed by atoms with E-state index in [1.54, 1.807) is 18.2 Å². The van der Waals surface area contributed by atoms with Crippen LogP contribution in [0.1, 0.15) is 98.8 Å². The number of thiophene rings is 2. The van der Waals surface area contributed by atoms with Gasteiger partial charge in [-0.3, -0.25) is 0 Å². The van der Waals surface area contributed by atoms with Crippen molar-refractivity contribution < 1.29 is 99.0 Å². The van der Waals surface area contributed by atoms with Crippen molar-refractivity contribution in [1.82, 2.24) is 0 Å². The topological polar surface area (TPSA) is 212 Å². The van der Waals surface area contributed by atoms with Gasteiger partial charge in [-0.2, -0.15) is 26.3 Å². The molecule has 15 nitrogen and oxygen atoms in total. The molecule has 4 aromatic rings. The van der Waals surface area contributed by atoms with Gasteiger partial charge in [0.05, 0.1) is 52.5 Å². The molecule has 12 rings (SSSR count). The number of hydrogen-bond donors (Lipinski definition) is 3. The highest BCUT2D eigenvalue weighted by Crippen LogP contribution is 2.47. The molecule has 8 aliphatic rings. The Hall–Kier alpha value is -5.30. The number of aliphatic hydroxyl groups is 2. The van der Waals surface area contributed by atoms with Gasteiger partial charge < -0.3 is 63.0 Å². The van der Waals surface area contributed by atoms with Gasteiger partial charge in [-0.05, 0) is 66.3 Å². The number of phenols is 1. The first-order valence-electron chi connectivity index (χ1n) is 27.7. The maximum atomic E-state index is 13.5. The van der Waals surface area contributed by atoms with E-state index in [-0.39, 0.29) is 29.8 Å². The zero-order valence-electron chi connectivity index (χ0n) is 45.0. The second kappa shape index (κ2) is 27.9. The molecule has 2 saturated carbocycles. The molecule has 2 aromatic carbocycles. The predicted molar refractivity (Wildman–Crippen MR) is 281 cm³/mol. The molecule has 0 spiro atoms. The normalized spacial score (nSPS) is 25.8. The largest absolute Gasteiger partial charge is 0.542 e. The molecule has 446 valence electrons. The lowest BCUT2D eigenvalue weighted by atomic mass is 9.82. The number of nitrogens with zero attached hydrogens (tertiary/aromatic N) is 2. The van der Waals surface area contributed by atoms with Gasteiger partial charge in [0, 0.05) is 71.6 Å². The third-order valence-corrected chi connectivity index (χ3v) is 19.0. The summed E-state index contributed by atoms with van der Waals surface area (Å²) >= 11 is 2.91. The lowest BCUT2D eigenvalue weighted by Gasteiger charge is -2.52. The first-order valence-corrected chi connectivity index (χ1v) is 29.5. The van der Waals surface area contributed by atoms with Gasteiger partial charge in [-0.25, -0.2) is 9.59 Å². The fraction of sp³-hybridized carbons (Fsp3) is 0.586. The van der Waals surface area contributed by atoms with E-state index >= 15 is 0 Å². The van der Waals surface area contributed by atoms with Crippen LogP contribution in [0, 0.1) is 23.7 Å². The monoisotopic (exact) mass is 1180 g/mol. The lowest BCUT2D eigenvalue weighted by molar-refractivity contribution is -0.946. The molecular formula is C58H72F6N2O13S2. The standard InChI is InChI=1S/C27H35NO5S.C27H36NO4S.2C2HF3O2/c29-22-8-3-9-23(18-22)32-16-5-13-28-14-11-20(12-15-28)24(19-28)33-26(30)27(31,21-6-1-2-7-21)25-10-4-17-34-25;29-26(27(30,23-9-4-5-10-23)25-11-6-18-33-25)32-24-19-28(14-12-22(24)13-15-28)16-17-31-20-21-7-2-1-3-8-21;2*3-2(4,5)1(6)7/h3-4,8-10,17-18,20-21,24,31H,1-2,5-7,11-16,19H2;1-3,6-8,11,18,22-24,30H,4-5,9-10,12-17,19-20H2;2*(H,6,7)/q;+1;;/p-1/t20?,24-,27+,28?;22?,24-,27+,28?;;/m00../s1. The number of ether oxygens (including phenoxy) is 4. The molecule has 4 bridgehead atoms. The molecule has 6 saturated heterocycles. The Morgan fingerprint density at radius 2 is 1.02 bits per heavy atom. The van der Waals surface area contributed by atoms with Gasteiger partial charge >= 0.3 is 24.3 Å². The van der Waals surface area contributed by atoms with Crippen LogP contribution in [-0.2, 0) is 51.2 Å². The van der Waals surface area contributed by atoms with E-state index in [0.717, 1.165) is 155 Å². The minimum atomic E-state index is -5.19. The van der Waals surface area contributed by atoms with Crippen molar-refractivity contribution in [3.63, 3.8) is 0 Å². The van der Waals surface area contributed by atoms with Crippen LogP contribution >= 0.6 is 22.7 Å². The van der Waals surface area contributed by atoms with Crippen molar-refractivity contribution in [2.24, 2.45) is 23.7 Å². The van der Waals surface area contributed by atoms with Crippen LogP contribution in [0.2, 0.25) is 0 Å². The number of carbonyl (C=O) groups excluding carboxylic acids is 4. The van der Waals surface area contributed by atoms with E-state index in [1.165, 1.54) is 28.2 Å². The van der Waals surface area contributed by atoms with Crippen LogP contribution in [0.5, 0.6) is 11.5 Å². The Morgan fingerprint density at radius 1 is 0.580 bits per heavy atom. The number of carboxylic acid groups (broad SMARTS) is 2. The maximum Gasteiger partial charge on any atom is 0.430 e.